The van der Waals surface area contributed by atoms with E-state index in [1.807, 2.05) is 18.2 Å². The summed E-state index contributed by atoms with van der Waals surface area (Å²) in [6.45, 7) is 4.92. The summed E-state index contributed by atoms with van der Waals surface area (Å²) in [7, 11) is 0. The third kappa shape index (κ3) is 6.15. The van der Waals surface area contributed by atoms with E-state index in [1.54, 1.807) is 12.1 Å². The van der Waals surface area contributed by atoms with Crippen LogP contribution in [-0.4, -0.2) is 60.4 Å². The maximum absolute atomic E-state index is 12.7. The third-order valence-corrected chi connectivity index (χ3v) is 6.22. The number of hydrogen-bond acceptors (Lipinski definition) is 4. The molecule has 2 amide bonds. The lowest BCUT2D eigenvalue weighted by Gasteiger charge is -2.34. The highest BCUT2D eigenvalue weighted by molar-refractivity contribution is 6.04. The van der Waals surface area contributed by atoms with Crippen LogP contribution in [0.3, 0.4) is 0 Å². The summed E-state index contributed by atoms with van der Waals surface area (Å²) in [6.07, 6.45) is 4.41. The van der Waals surface area contributed by atoms with Crippen molar-refractivity contribution < 1.29 is 9.59 Å². The molecule has 6 heteroatoms. The molecule has 1 aliphatic carbocycles. The molecule has 2 fully saturated rings. The van der Waals surface area contributed by atoms with Gasteiger partial charge in [-0.1, -0.05) is 55.3 Å². The quantitative estimate of drug-likeness (QED) is 0.722. The number of amides is 2. The van der Waals surface area contributed by atoms with Gasteiger partial charge < -0.3 is 10.6 Å². The van der Waals surface area contributed by atoms with E-state index in [9.17, 15) is 9.59 Å². The van der Waals surface area contributed by atoms with Crippen molar-refractivity contribution in [1.82, 2.24) is 15.1 Å². The molecule has 4 rings (SSSR count). The number of anilines is 1. The summed E-state index contributed by atoms with van der Waals surface area (Å²) in [5.74, 6) is -0.171. The van der Waals surface area contributed by atoms with Crippen molar-refractivity contribution in [1.29, 1.82) is 0 Å². The molecule has 164 valence electrons. The predicted molar refractivity (Wildman–Crippen MR) is 123 cm³/mol. The largest absolute Gasteiger partial charge is 0.349 e. The molecule has 2 aromatic carbocycles. The Morgan fingerprint density at radius 1 is 0.839 bits per heavy atom. The van der Waals surface area contributed by atoms with E-state index in [2.05, 4.69) is 44.7 Å². The molecule has 2 aliphatic rings. The van der Waals surface area contributed by atoms with Crippen LogP contribution in [0.25, 0.3) is 0 Å². The van der Waals surface area contributed by atoms with Gasteiger partial charge in [0, 0.05) is 38.8 Å². The molecule has 0 atom stereocenters. The monoisotopic (exact) mass is 420 g/mol. The Hall–Kier alpha value is -2.70. The molecule has 1 saturated heterocycles. The van der Waals surface area contributed by atoms with Gasteiger partial charge in [0.1, 0.15) is 0 Å². The van der Waals surface area contributed by atoms with Crippen LogP contribution in [-0.2, 0) is 11.3 Å². The number of hydrogen-bond donors (Lipinski definition) is 2. The Morgan fingerprint density at radius 2 is 1.48 bits per heavy atom. The highest BCUT2D eigenvalue weighted by Crippen LogP contribution is 2.20. The maximum Gasteiger partial charge on any atom is 0.253 e. The van der Waals surface area contributed by atoms with E-state index in [1.165, 1.54) is 18.4 Å². The fourth-order valence-electron chi connectivity index (χ4n) is 4.46. The first-order valence-corrected chi connectivity index (χ1v) is 11.4. The first kappa shape index (κ1) is 21.5. The van der Waals surface area contributed by atoms with Crippen molar-refractivity contribution in [3.05, 3.63) is 65.7 Å². The first-order valence-electron chi connectivity index (χ1n) is 11.4. The molecule has 2 N–H and O–H groups in total. The fourth-order valence-corrected chi connectivity index (χ4v) is 4.46. The molecule has 1 saturated carbocycles. The lowest BCUT2D eigenvalue weighted by Crippen LogP contribution is -2.48. The number of para-hydroxylation sites is 1. The molecule has 1 aliphatic heterocycles. The minimum Gasteiger partial charge on any atom is -0.349 e. The first-order chi connectivity index (χ1) is 15.2. The highest BCUT2D eigenvalue weighted by atomic mass is 16.2. The average molecular weight is 421 g/mol. The number of carbonyl (C=O) groups excluding carboxylic acids is 2. The van der Waals surface area contributed by atoms with Crippen LogP contribution in [0.5, 0.6) is 0 Å². The molecule has 0 radical (unpaired) electrons. The van der Waals surface area contributed by atoms with Crippen LogP contribution in [0.2, 0.25) is 0 Å². The van der Waals surface area contributed by atoms with E-state index in [4.69, 9.17) is 0 Å². The molecular weight excluding hydrogens is 388 g/mol. The molecule has 2 aromatic rings. The van der Waals surface area contributed by atoms with Crippen LogP contribution in [0.4, 0.5) is 5.69 Å². The van der Waals surface area contributed by atoms with E-state index in [0.717, 1.165) is 45.6 Å². The number of nitrogens with zero attached hydrogens (tertiary/aromatic N) is 2. The zero-order valence-corrected chi connectivity index (χ0v) is 18.1. The topological polar surface area (TPSA) is 64.7 Å². The second kappa shape index (κ2) is 10.6. The van der Waals surface area contributed by atoms with Crippen molar-refractivity contribution in [2.75, 3.05) is 38.0 Å². The number of rotatable bonds is 7. The van der Waals surface area contributed by atoms with Gasteiger partial charge in [-0.3, -0.25) is 19.4 Å². The van der Waals surface area contributed by atoms with Crippen LogP contribution >= 0.6 is 0 Å². The molecule has 0 unspecified atom stereocenters. The van der Waals surface area contributed by atoms with Gasteiger partial charge in [-0.05, 0) is 30.5 Å². The van der Waals surface area contributed by atoms with Gasteiger partial charge >= 0.3 is 0 Å². The Morgan fingerprint density at radius 3 is 2.23 bits per heavy atom. The van der Waals surface area contributed by atoms with Gasteiger partial charge in [-0.2, -0.15) is 0 Å². The van der Waals surface area contributed by atoms with Gasteiger partial charge in [-0.15, -0.1) is 0 Å². The standard InChI is InChI=1S/C25H32N4O2/c30-24(19-29-16-14-28(15-17-29)18-20-8-2-1-3-9-20)27-23-13-7-6-12-22(23)25(31)26-21-10-4-5-11-21/h1-3,6-9,12-13,21H,4-5,10-11,14-19H2,(H,26,31)(H,27,30). The zero-order valence-electron chi connectivity index (χ0n) is 18.1. The Labute approximate surface area is 184 Å². The van der Waals surface area contributed by atoms with E-state index in [0.29, 0.717) is 17.8 Å². The summed E-state index contributed by atoms with van der Waals surface area (Å²) < 4.78 is 0. The highest BCUT2D eigenvalue weighted by Gasteiger charge is 2.22. The number of carbonyl (C=O) groups is 2. The third-order valence-electron chi connectivity index (χ3n) is 6.22. The lowest BCUT2D eigenvalue weighted by molar-refractivity contribution is -0.117. The van der Waals surface area contributed by atoms with Crippen LogP contribution < -0.4 is 10.6 Å². The van der Waals surface area contributed by atoms with E-state index >= 15 is 0 Å². The van der Waals surface area contributed by atoms with Crippen molar-refractivity contribution in [3.8, 4) is 0 Å². The fraction of sp³-hybridized carbons (Fsp3) is 0.440. The van der Waals surface area contributed by atoms with Crippen LogP contribution in [0.15, 0.2) is 54.6 Å². The number of piperazine rings is 1. The van der Waals surface area contributed by atoms with Crippen LogP contribution in [0.1, 0.15) is 41.6 Å². The molecule has 6 nitrogen and oxygen atoms in total. The minimum atomic E-state index is -0.0997. The molecule has 0 spiro atoms. The van der Waals surface area contributed by atoms with E-state index < -0.39 is 0 Å². The molecular formula is C25H32N4O2. The summed E-state index contributed by atoms with van der Waals surface area (Å²) in [6, 6.07) is 18.0. The van der Waals surface area contributed by atoms with Crippen molar-refractivity contribution in [3.63, 3.8) is 0 Å². The Kier molecular flexibility index (Phi) is 7.33. The second-order valence-electron chi connectivity index (χ2n) is 8.59. The Bertz CT molecular complexity index is 872. The maximum atomic E-state index is 12.7. The zero-order chi connectivity index (χ0) is 21.5. The summed E-state index contributed by atoms with van der Waals surface area (Å²) in [5.41, 5.74) is 2.45. The predicted octanol–water partition coefficient (Wildman–Crippen LogP) is 3.12. The molecule has 0 aromatic heterocycles. The number of nitrogens with one attached hydrogen (secondary N) is 2. The lowest BCUT2D eigenvalue weighted by atomic mass is 10.1. The molecule has 1 heterocycles. The minimum absolute atomic E-state index is 0.0716. The SMILES string of the molecule is O=C(CN1CCN(Cc2ccccc2)CC1)Nc1ccccc1C(=O)NC1CCCC1. The number of benzene rings is 2. The van der Waals surface area contributed by atoms with Crippen molar-refractivity contribution in [2.24, 2.45) is 0 Å². The Balaban J connectivity index is 1.26. The normalized spacial score (nSPS) is 18.1. The summed E-state index contributed by atoms with van der Waals surface area (Å²) in [4.78, 5) is 30.0. The van der Waals surface area contributed by atoms with Gasteiger partial charge in [0.25, 0.3) is 5.91 Å². The molecule has 31 heavy (non-hydrogen) atoms. The second-order valence-corrected chi connectivity index (χ2v) is 8.59. The molecule has 0 bridgehead atoms. The van der Waals surface area contributed by atoms with Gasteiger partial charge in [0.15, 0.2) is 0 Å². The summed E-state index contributed by atoms with van der Waals surface area (Å²) >= 11 is 0. The van der Waals surface area contributed by atoms with Gasteiger partial charge in [0.2, 0.25) is 5.91 Å². The van der Waals surface area contributed by atoms with Gasteiger partial charge in [-0.25, -0.2) is 0 Å². The van der Waals surface area contributed by atoms with Gasteiger partial charge in [0.05, 0.1) is 17.8 Å². The average Bonchev–Trinajstić information content (AvgIpc) is 3.29. The summed E-state index contributed by atoms with van der Waals surface area (Å²) in [5, 5.41) is 6.07. The smallest absolute Gasteiger partial charge is 0.253 e. The van der Waals surface area contributed by atoms with Crippen LogP contribution in [0, 0.1) is 0 Å². The van der Waals surface area contributed by atoms with Crippen molar-refractivity contribution >= 4 is 17.5 Å². The van der Waals surface area contributed by atoms with E-state index in [-0.39, 0.29) is 17.9 Å². The van der Waals surface area contributed by atoms with Crippen molar-refractivity contribution in [2.45, 2.75) is 38.3 Å².